The number of hydrogen-bond donors (Lipinski definition) is 2. The predicted octanol–water partition coefficient (Wildman–Crippen LogP) is 1.49. The first-order valence-corrected chi connectivity index (χ1v) is 3.56. The lowest BCUT2D eigenvalue weighted by molar-refractivity contribution is 0.528. The van der Waals surface area contributed by atoms with Crippen LogP contribution in [0.3, 0.4) is 0 Å². The molecule has 0 heterocycles. The van der Waals surface area contributed by atoms with Crippen molar-refractivity contribution in [2.45, 2.75) is 13.0 Å². The molecule has 0 amide bonds. The molecule has 3 N–H and O–H groups in total. The molecule has 12 heavy (non-hydrogen) atoms. The van der Waals surface area contributed by atoms with Gasteiger partial charge in [0.25, 0.3) is 0 Å². The highest BCUT2D eigenvalue weighted by molar-refractivity contribution is 5.21. The van der Waals surface area contributed by atoms with Crippen LogP contribution in [0.15, 0.2) is 18.2 Å². The quantitative estimate of drug-likeness (QED) is 0.524. The van der Waals surface area contributed by atoms with Gasteiger partial charge in [0.05, 0.1) is 0 Å². The third-order valence-corrected chi connectivity index (χ3v) is 1.68. The van der Waals surface area contributed by atoms with Crippen LogP contribution in [-0.4, -0.2) is 0 Å². The molecule has 1 aromatic rings. The second kappa shape index (κ2) is 3.60. The van der Waals surface area contributed by atoms with E-state index in [1.54, 1.807) is 6.92 Å². The SMILES string of the molecule is C[C@@H](NN)c1ccc(F)cc1F. The summed E-state index contributed by atoms with van der Waals surface area (Å²) in [4.78, 5) is 0. The molecule has 0 aliphatic heterocycles. The highest BCUT2D eigenvalue weighted by Crippen LogP contribution is 2.16. The van der Waals surface area contributed by atoms with Crippen molar-refractivity contribution in [3.05, 3.63) is 35.4 Å². The van der Waals surface area contributed by atoms with Gasteiger partial charge in [0, 0.05) is 17.7 Å². The average molecular weight is 172 g/mol. The lowest BCUT2D eigenvalue weighted by Gasteiger charge is -2.10. The first kappa shape index (κ1) is 9.09. The Morgan fingerprint density at radius 1 is 1.42 bits per heavy atom. The van der Waals surface area contributed by atoms with Gasteiger partial charge in [0.15, 0.2) is 0 Å². The predicted molar refractivity (Wildman–Crippen MR) is 42.1 cm³/mol. The minimum atomic E-state index is -0.583. The van der Waals surface area contributed by atoms with Gasteiger partial charge in [-0.1, -0.05) is 6.07 Å². The monoisotopic (exact) mass is 172 g/mol. The number of nitrogens with two attached hydrogens (primary N) is 1. The summed E-state index contributed by atoms with van der Waals surface area (Å²) in [6.07, 6.45) is 0. The van der Waals surface area contributed by atoms with Gasteiger partial charge in [-0.15, -0.1) is 0 Å². The molecule has 2 nitrogen and oxygen atoms in total. The van der Waals surface area contributed by atoms with Crippen molar-refractivity contribution < 1.29 is 8.78 Å². The van der Waals surface area contributed by atoms with E-state index < -0.39 is 11.6 Å². The van der Waals surface area contributed by atoms with Gasteiger partial charge in [-0.2, -0.15) is 0 Å². The van der Waals surface area contributed by atoms with E-state index >= 15 is 0 Å². The van der Waals surface area contributed by atoms with Gasteiger partial charge >= 0.3 is 0 Å². The molecule has 1 rings (SSSR count). The van der Waals surface area contributed by atoms with Crippen molar-refractivity contribution in [3.8, 4) is 0 Å². The van der Waals surface area contributed by atoms with Gasteiger partial charge < -0.3 is 0 Å². The molecule has 0 saturated carbocycles. The number of rotatable bonds is 2. The van der Waals surface area contributed by atoms with Crippen molar-refractivity contribution in [2.24, 2.45) is 5.84 Å². The largest absolute Gasteiger partial charge is 0.271 e. The van der Waals surface area contributed by atoms with E-state index in [4.69, 9.17) is 5.84 Å². The summed E-state index contributed by atoms with van der Waals surface area (Å²) >= 11 is 0. The van der Waals surface area contributed by atoms with Crippen LogP contribution in [0.2, 0.25) is 0 Å². The Kier molecular flexibility index (Phi) is 2.73. The highest BCUT2D eigenvalue weighted by Gasteiger charge is 2.09. The van der Waals surface area contributed by atoms with Crippen LogP contribution in [0.5, 0.6) is 0 Å². The number of benzene rings is 1. The molecule has 0 radical (unpaired) electrons. The van der Waals surface area contributed by atoms with Crippen LogP contribution in [0, 0.1) is 11.6 Å². The minimum Gasteiger partial charge on any atom is -0.271 e. The summed E-state index contributed by atoms with van der Waals surface area (Å²) < 4.78 is 25.4. The zero-order chi connectivity index (χ0) is 9.14. The number of hydrogen-bond acceptors (Lipinski definition) is 2. The summed E-state index contributed by atoms with van der Waals surface area (Å²) in [6, 6.07) is 3.09. The molecule has 0 aliphatic carbocycles. The van der Waals surface area contributed by atoms with E-state index in [1.807, 2.05) is 0 Å². The second-order valence-corrected chi connectivity index (χ2v) is 2.55. The Hall–Kier alpha value is -1.00. The van der Waals surface area contributed by atoms with Gasteiger partial charge in [0.2, 0.25) is 0 Å². The van der Waals surface area contributed by atoms with Crippen molar-refractivity contribution >= 4 is 0 Å². The molecule has 0 aromatic heterocycles. The molecule has 0 spiro atoms. The molecule has 66 valence electrons. The minimum absolute atomic E-state index is 0.314. The van der Waals surface area contributed by atoms with Crippen molar-refractivity contribution in [3.63, 3.8) is 0 Å². The molecule has 0 bridgehead atoms. The Morgan fingerprint density at radius 3 is 2.58 bits per heavy atom. The van der Waals surface area contributed by atoms with Gasteiger partial charge in [-0.05, 0) is 13.0 Å². The van der Waals surface area contributed by atoms with E-state index in [9.17, 15) is 8.78 Å². The Labute approximate surface area is 69.4 Å². The third-order valence-electron chi connectivity index (χ3n) is 1.68. The molecule has 0 fully saturated rings. The first-order chi connectivity index (χ1) is 5.65. The zero-order valence-corrected chi connectivity index (χ0v) is 6.64. The average Bonchev–Trinajstić information content (AvgIpc) is 2.03. The van der Waals surface area contributed by atoms with Crippen LogP contribution in [0.4, 0.5) is 8.78 Å². The van der Waals surface area contributed by atoms with E-state index in [1.165, 1.54) is 12.1 Å². The van der Waals surface area contributed by atoms with Gasteiger partial charge in [-0.3, -0.25) is 11.3 Å². The summed E-state index contributed by atoms with van der Waals surface area (Å²) in [7, 11) is 0. The molecular weight excluding hydrogens is 162 g/mol. The summed E-state index contributed by atoms with van der Waals surface area (Å²) in [6.45, 7) is 1.69. The maximum atomic E-state index is 13.0. The molecule has 0 aliphatic rings. The summed E-state index contributed by atoms with van der Waals surface area (Å²) in [5, 5.41) is 0. The normalized spacial score (nSPS) is 13.0. The topological polar surface area (TPSA) is 38.0 Å². The Balaban J connectivity index is 3.01. The zero-order valence-electron chi connectivity index (χ0n) is 6.64. The van der Waals surface area contributed by atoms with Crippen LogP contribution >= 0.6 is 0 Å². The summed E-state index contributed by atoms with van der Waals surface area (Å²) in [5.74, 6) is 3.93. The van der Waals surface area contributed by atoms with Crippen LogP contribution in [0.25, 0.3) is 0 Å². The van der Waals surface area contributed by atoms with E-state index in [0.717, 1.165) is 6.07 Å². The van der Waals surface area contributed by atoms with E-state index in [2.05, 4.69) is 5.43 Å². The smallest absolute Gasteiger partial charge is 0.130 e. The standard InChI is InChI=1S/C8H10F2N2/c1-5(12-11)7-3-2-6(9)4-8(7)10/h2-5,12H,11H2,1H3/t5-/m1/s1. The fourth-order valence-electron chi connectivity index (χ4n) is 0.942. The van der Waals surface area contributed by atoms with Crippen molar-refractivity contribution in [1.82, 2.24) is 5.43 Å². The first-order valence-electron chi connectivity index (χ1n) is 3.56. The second-order valence-electron chi connectivity index (χ2n) is 2.55. The van der Waals surface area contributed by atoms with Crippen LogP contribution < -0.4 is 11.3 Å². The highest BCUT2D eigenvalue weighted by atomic mass is 19.1. The fourth-order valence-corrected chi connectivity index (χ4v) is 0.942. The van der Waals surface area contributed by atoms with Crippen molar-refractivity contribution in [2.75, 3.05) is 0 Å². The fraction of sp³-hybridized carbons (Fsp3) is 0.250. The molecule has 4 heteroatoms. The van der Waals surface area contributed by atoms with Gasteiger partial charge in [-0.25, -0.2) is 8.78 Å². The molecule has 1 atom stereocenters. The van der Waals surface area contributed by atoms with E-state index in [0.29, 0.717) is 5.56 Å². The van der Waals surface area contributed by atoms with Gasteiger partial charge in [0.1, 0.15) is 11.6 Å². The number of halogens is 2. The molecule has 0 saturated heterocycles. The van der Waals surface area contributed by atoms with Crippen LogP contribution in [-0.2, 0) is 0 Å². The maximum Gasteiger partial charge on any atom is 0.130 e. The lowest BCUT2D eigenvalue weighted by atomic mass is 10.1. The molecule has 1 aromatic carbocycles. The Bertz CT molecular complexity index is 276. The molecule has 0 unspecified atom stereocenters. The van der Waals surface area contributed by atoms with Crippen LogP contribution in [0.1, 0.15) is 18.5 Å². The number of hydrazine groups is 1. The number of nitrogens with one attached hydrogen (secondary N) is 1. The lowest BCUT2D eigenvalue weighted by Crippen LogP contribution is -2.26. The third kappa shape index (κ3) is 1.78. The maximum absolute atomic E-state index is 13.0. The molecular formula is C8H10F2N2. The summed E-state index contributed by atoms with van der Waals surface area (Å²) in [5.41, 5.74) is 2.74. The Morgan fingerprint density at radius 2 is 2.08 bits per heavy atom. The van der Waals surface area contributed by atoms with Crippen molar-refractivity contribution in [1.29, 1.82) is 0 Å². The van der Waals surface area contributed by atoms with E-state index in [-0.39, 0.29) is 6.04 Å².